The summed E-state index contributed by atoms with van der Waals surface area (Å²) < 4.78 is 0. The first-order valence-corrected chi connectivity index (χ1v) is 10.1. The van der Waals surface area contributed by atoms with E-state index in [2.05, 4.69) is 49.5 Å². The second kappa shape index (κ2) is 10.1. The summed E-state index contributed by atoms with van der Waals surface area (Å²) in [5.41, 5.74) is 7.86. The van der Waals surface area contributed by atoms with Crippen LogP contribution in [0, 0.1) is 0 Å². The van der Waals surface area contributed by atoms with E-state index in [1.165, 1.54) is 0 Å². The Kier molecular flexibility index (Phi) is 6.76. The maximum absolute atomic E-state index is 4.63. The van der Waals surface area contributed by atoms with Crippen LogP contribution in [0.4, 0.5) is 0 Å². The first-order chi connectivity index (χ1) is 15.3. The van der Waals surface area contributed by atoms with Crippen molar-refractivity contribution >= 4 is 46.4 Å². The Balaban J connectivity index is 0.000000265. The van der Waals surface area contributed by atoms with Gasteiger partial charge in [-0.05, 0) is 85.0 Å². The summed E-state index contributed by atoms with van der Waals surface area (Å²) in [6.07, 6.45) is 19.7. The van der Waals surface area contributed by atoms with Crippen LogP contribution in [0.25, 0.3) is 46.4 Å². The topological polar surface area (TPSA) is 69.4 Å². The maximum atomic E-state index is 4.63. The number of aromatic nitrogens is 4. The van der Waals surface area contributed by atoms with Gasteiger partial charge in [0.05, 0.1) is 22.8 Å². The van der Waals surface area contributed by atoms with Gasteiger partial charge in [-0.15, -0.1) is 0 Å². The molecule has 0 radical (unpaired) electrons. The van der Waals surface area contributed by atoms with Crippen LogP contribution >= 0.6 is 0 Å². The minimum absolute atomic E-state index is 0. The fourth-order valence-corrected chi connectivity index (χ4v) is 3.35. The van der Waals surface area contributed by atoms with E-state index in [4.69, 9.17) is 0 Å². The largest absolute Gasteiger partial charge is 0.368 e. The van der Waals surface area contributed by atoms with Crippen LogP contribution in [-0.4, -0.2) is 19.9 Å². The Labute approximate surface area is 199 Å². The molecular formula is C26H21N5Pd. The van der Waals surface area contributed by atoms with Crippen molar-refractivity contribution in [3.05, 3.63) is 108 Å². The summed E-state index contributed by atoms with van der Waals surface area (Å²) in [5.74, 6) is 0. The molecule has 3 aromatic heterocycles. The van der Waals surface area contributed by atoms with Crippen LogP contribution in [0.1, 0.15) is 22.8 Å². The zero-order valence-electron chi connectivity index (χ0n) is 17.1. The molecule has 0 fully saturated rings. The molecule has 6 heteroatoms. The molecule has 32 heavy (non-hydrogen) atoms. The molecule has 0 spiro atoms. The molecule has 0 amide bonds. The van der Waals surface area contributed by atoms with Crippen LogP contribution in [0.3, 0.4) is 0 Å². The molecule has 5 nitrogen and oxygen atoms in total. The molecule has 160 valence electrons. The van der Waals surface area contributed by atoms with Crippen molar-refractivity contribution in [3.8, 4) is 0 Å². The van der Waals surface area contributed by atoms with E-state index in [0.29, 0.717) is 0 Å². The molecule has 3 aromatic rings. The molecule has 0 atom stereocenters. The molecule has 3 aliphatic rings. The molecule has 3 aliphatic heterocycles. The first-order valence-electron chi connectivity index (χ1n) is 10.1. The van der Waals surface area contributed by atoms with Crippen molar-refractivity contribution in [2.45, 2.75) is 0 Å². The fourth-order valence-electron chi connectivity index (χ4n) is 3.35. The van der Waals surface area contributed by atoms with Gasteiger partial charge < -0.3 is 15.3 Å². The van der Waals surface area contributed by atoms with Crippen LogP contribution < -0.4 is 5.32 Å². The van der Waals surface area contributed by atoms with Gasteiger partial charge in [-0.3, -0.25) is 0 Å². The minimum atomic E-state index is 0. The summed E-state index contributed by atoms with van der Waals surface area (Å²) in [6.45, 7) is 0. The third kappa shape index (κ3) is 5.50. The first kappa shape index (κ1) is 21.5. The number of hydrogen-bond donors (Lipinski definition) is 3. The van der Waals surface area contributed by atoms with Crippen LogP contribution in [-0.2, 0) is 20.4 Å². The Morgan fingerprint density at radius 2 is 0.812 bits per heavy atom. The van der Waals surface area contributed by atoms with Gasteiger partial charge in [0.15, 0.2) is 0 Å². The van der Waals surface area contributed by atoms with E-state index in [-0.39, 0.29) is 20.4 Å². The molecule has 0 saturated heterocycles. The second-order valence-corrected chi connectivity index (χ2v) is 7.17. The molecule has 8 bridgehead atoms. The van der Waals surface area contributed by atoms with Crippen molar-refractivity contribution in [3.63, 3.8) is 0 Å². The smallest absolute Gasteiger partial charge is 0.0658 e. The van der Waals surface area contributed by atoms with Crippen molar-refractivity contribution in [2.24, 2.45) is 0 Å². The van der Waals surface area contributed by atoms with Gasteiger partial charge in [0, 0.05) is 54.9 Å². The van der Waals surface area contributed by atoms with E-state index in [1.54, 1.807) is 0 Å². The predicted molar refractivity (Wildman–Crippen MR) is 129 cm³/mol. The Hall–Kier alpha value is -3.72. The summed E-state index contributed by atoms with van der Waals surface area (Å²) in [6, 6.07) is 16.4. The molecule has 0 aliphatic carbocycles. The third-order valence-corrected chi connectivity index (χ3v) is 4.76. The molecule has 0 aromatic carbocycles. The summed E-state index contributed by atoms with van der Waals surface area (Å²) in [5, 5.41) is 2.92. The zero-order chi connectivity index (χ0) is 20.9. The summed E-state index contributed by atoms with van der Waals surface area (Å²) in [7, 11) is 0. The van der Waals surface area contributed by atoms with E-state index in [0.717, 1.165) is 44.8 Å². The zero-order valence-corrected chi connectivity index (χ0v) is 18.7. The van der Waals surface area contributed by atoms with Crippen LogP contribution in [0.5, 0.6) is 0 Å². The third-order valence-electron chi connectivity index (χ3n) is 4.76. The number of H-pyrrole nitrogens is 2. The predicted octanol–water partition coefficient (Wildman–Crippen LogP) is 5.83. The van der Waals surface area contributed by atoms with E-state index >= 15 is 0 Å². The Morgan fingerprint density at radius 3 is 1.16 bits per heavy atom. The van der Waals surface area contributed by atoms with Gasteiger partial charge in [0.1, 0.15) is 0 Å². The average Bonchev–Trinajstić information content (AvgIpc) is 3.53. The minimum Gasteiger partial charge on any atom is -0.368 e. The number of nitrogens with one attached hydrogen (secondary N) is 3. The van der Waals surface area contributed by atoms with Crippen molar-refractivity contribution in [2.75, 3.05) is 0 Å². The monoisotopic (exact) mass is 509 g/mol. The van der Waals surface area contributed by atoms with E-state index in [9.17, 15) is 0 Å². The van der Waals surface area contributed by atoms with Crippen molar-refractivity contribution in [1.29, 1.82) is 0 Å². The van der Waals surface area contributed by atoms with Gasteiger partial charge in [-0.2, -0.15) is 0 Å². The van der Waals surface area contributed by atoms with E-state index < -0.39 is 0 Å². The van der Waals surface area contributed by atoms with Crippen molar-refractivity contribution < 1.29 is 20.4 Å². The van der Waals surface area contributed by atoms with Gasteiger partial charge in [-0.25, -0.2) is 9.97 Å². The number of rotatable bonds is 0. The Morgan fingerprint density at radius 1 is 0.469 bits per heavy atom. The van der Waals surface area contributed by atoms with Gasteiger partial charge in [-0.1, -0.05) is 12.2 Å². The number of fused-ring (bicyclic) bond motifs is 8. The summed E-state index contributed by atoms with van der Waals surface area (Å²) >= 11 is 0. The molecule has 0 saturated carbocycles. The SMILES string of the molecule is C1=CC=CNC=C1.C1=Cc2cc3ccc(cc4nc(cc5ccc(cc1n2)[nH]5)C=C4)[nH]3.[Pd]. The number of aromatic amines is 2. The maximum Gasteiger partial charge on any atom is 0.0658 e. The fraction of sp³-hybridized carbons (Fsp3) is 0. The Bertz CT molecular complexity index is 1230. The second-order valence-electron chi connectivity index (χ2n) is 7.17. The van der Waals surface area contributed by atoms with Gasteiger partial charge in [0.2, 0.25) is 0 Å². The van der Waals surface area contributed by atoms with Crippen LogP contribution in [0.2, 0.25) is 0 Å². The van der Waals surface area contributed by atoms with Crippen molar-refractivity contribution in [1.82, 2.24) is 25.3 Å². The number of nitrogens with zero attached hydrogens (tertiary/aromatic N) is 2. The molecule has 3 N–H and O–H groups in total. The number of hydrogen-bond acceptors (Lipinski definition) is 3. The van der Waals surface area contributed by atoms with Gasteiger partial charge in [0.25, 0.3) is 0 Å². The summed E-state index contributed by atoms with van der Waals surface area (Å²) in [4.78, 5) is 16.0. The van der Waals surface area contributed by atoms with Gasteiger partial charge >= 0.3 is 0 Å². The van der Waals surface area contributed by atoms with Crippen LogP contribution in [0.15, 0.2) is 85.2 Å². The average molecular weight is 510 g/mol. The normalized spacial score (nSPS) is 13.0. The molecule has 0 unspecified atom stereocenters. The number of allylic oxidation sites excluding steroid dienone is 4. The van der Waals surface area contributed by atoms with E-state index in [1.807, 2.05) is 85.3 Å². The standard InChI is InChI=1S/C20H14N4.C6H7N.Pd/c1-2-14-10-16-5-6-18(23-16)12-20-8-7-19(24-20)11-17-4-3-15(22-17)9-13(1)21-14;1-2-4-6-7-5-3-1;/h1-12,21,24H;1-7H;. The molecule has 6 rings (SSSR count). The molecular weight excluding hydrogens is 489 g/mol. The quantitative estimate of drug-likeness (QED) is 0.230. The molecule has 6 heterocycles.